The van der Waals surface area contributed by atoms with Gasteiger partial charge in [-0.15, -0.1) is 11.3 Å². The molecule has 0 aliphatic carbocycles. The van der Waals surface area contributed by atoms with E-state index in [1.54, 1.807) is 0 Å². The van der Waals surface area contributed by atoms with Gasteiger partial charge < -0.3 is 15.8 Å². The number of nitrogens with zero attached hydrogens (tertiary/aromatic N) is 1. The number of hydrogen-bond donors (Lipinski definition) is 2. The zero-order valence-electron chi connectivity index (χ0n) is 17.3. The van der Waals surface area contributed by atoms with Crippen LogP contribution >= 0.6 is 11.3 Å². The smallest absolute Gasteiger partial charge is 0.262 e. The van der Waals surface area contributed by atoms with Crippen LogP contribution in [0.15, 0.2) is 24.3 Å². The second-order valence-corrected chi connectivity index (χ2v) is 8.76. The molecule has 0 atom stereocenters. The van der Waals surface area contributed by atoms with Gasteiger partial charge in [0.15, 0.2) is 6.61 Å². The predicted octanol–water partition coefficient (Wildman–Crippen LogP) is 3.76. The van der Waals surface area contributed by atoms with Crippen LogP contribution in [0.3, 0.4) is 0 Å². The van der Waals surface area contributed by atoms with Crippen LogP contribution in [0.4, 0.5) is 5.00 Å². The highest BCUT2D eigenvalue weighted by atomic mass is 32.1. The lowest BCUT2D eigenvalue weighted by Crippen LogP contribution is -2.31. The lowest BCUT2D eigenvalue weighted by atomic mass is 10.0. The Hall–Kier alpha value is -2.38. The lowest BCUT2D eigenvalue weighted by molar-refractivity contribution is -0.118. The van der Waals surface area contributed by atoms with Crippen LogP contribution in [-0.4, -0.2) is 36.4 Å². The number of carbonyl (C=O) groups is 2. The van der Waals surface area contributed by atoms with Crippen molar-refractivity contribution in [3.8, 4) is 5.75 Å². The molecule has 6 nitrogen and oxygen atoms in total. The van der Waals surface area contributed by atoms with Crippen LogP contribution in [0, 0.1) is 0 Å². The number of benzene rings is 1. The summed E-state index contributed by atoms with van der Waals surface area (Å²) >= 11 is 1.45. The molecule has 2 aromatic rings. The summed E-state index contributed by atoms with van der Waals surface area (Å²) in [6, 6.07) is 7.73. The summed E-state index contributed by atoms with van der Waals surface area (Å²) < 4.78 is 5.59. The van der Waals surface area contributed by atoms with E-state index in [1.807, 2.05) is 24.3 Å². The van der Waals surface area contributed by atoms with Crippen LogP contribution < -0.4 is 15.8 Å². The van der Waals surface area contributed by atoms with Gasteiger partial charge in [0, 0.05) is 18.0 Å². The molecule has 0 fully saturated rings. The molecule has 0 radical (unpaired) electrons. The highest BCUT2D eigenvalue weighted by molar-refractivity contribution is 7.17. The summed E-state index contributed by atoms with van der Waals surface area (Å²) in [5.74, 6) is 0.286. The van der Waals surface area contributed by atoms with E-state index in [1.165, 1.54) is 16.9 Å². The molecule has 0 spiro atoms. The van der Waals surface area contributed by atoms with E-state index in [2.05, 4.69) is 31.0 Å². The first kappa shape index (κ1) is 21.3. The summed E-state index contributed by atoms with van der Waals surface area (Å²) in [6.45, 7) is 9.01. The molecule has 0 bridgehead atoms. The molecule has 3 N–H and O–H groups in total. The molecule has 0 saturated carbocycles. The van der Waals surface area contributed by atoms with Gasteiger partial charge in [-0.2, -0.15) is 0 Å². The maximum Gasteiger partial charge on any atom is 0.262 e. The number of ether oxygens (including phenoxy) is 1. The summed E-state index contributed by atoms with van der Waals surface area (Å²) in [4.78, 5) is 27.9. The molecule has 1 aliphatic heterocycles. The van der Waals surface area contributed by atoms with Gasteiger partial charge in [0.1, 0.15) is 10.8 Å². The van der Waals surface area contributed by atoms with Crippen LogP contribution in [0.25, 0.3) is 0 Å². The minimum absolute atomic E-state index is 0.121. The molecule has 0 saturated heterocycles. The first-order valence-corrected chi connectivity index (χ1v) is 10.9. The maximum absolute atomic E-state index is 12.4. The number of nitrogens with one attached hydrogen (secondary N) is 1. The number of hydrogen-bond acceptors (Lipinski definition) is 5. The Morgan fingerprint density at radius 3 is 2.62 bits per heavy atom. The van der Waals surface area contributed by atoms with Gasteiger partial charge in [-0.1, -0.05) is 32.9 Å². The molecular formula is C22H29N3O3S. The number of nitrogens with two attached hydrogens (primary N) is 1. The first-order chi connectivity index (χ1) is 13.9. The van der Waals surface area contributed by atoms with Crippen LogP contribution in [-0.2, 0) is 17.8 Å². The standard InChI is InChI=1S/C22H29N3O3S/c1-4-10-25-11-9-17-18(12-25)29-22(20(17)21(23)27)24-19(26)13-28-16-7-5-15(6-8-16)14(2)3/h5-8,14H,4,9-13H2,1-3H3,(H2,23,27)(H,24,26). The highest BCUT2D eigenvalue weighted by Crippen LogP contribution is 2.37. The molecule has 7 heteroatoms. The van der Waals surface area contributed by atoms with Crippen LogP contribution in [0.1, 0.15) is 59.5 Å². The van der Waals surface area contributed by atoms with E-state index >= 15 is 0 Å². The van der Waals surface area contributed by atoms with Gasteiger partial charge in [-0.25, -0.2) is 0 Å². The van der Waals surface area contributed by atoms with E-state index in [9.17, 15) is 9.59 Å². The monoisotopic (exact) mass is 415 g/mol. The summed E-state index contributed by atoms with van der Waals surface area (Å²) in [5, 5.41) is 3.36. The molecule has 156 valence electrons. The summed E-state index contributed by atoms with van der Waals surface area (Å²) in [7, 11) is 0. The van der Waals surface area contributed by atoms with Crippen molar-refractivity contribution in [2.75, 3.05) is 25.0 Å². The molecule has 2 heterocycles. The zero-order valence-corrected chi connectivity index (χ0v) is 18.1. The number of fused-ring (bicyclic) bond motifs is 1. The fourth-order valence-electron chi connectivity index (χ4n) is 3.57. The topological polar surface area (TPSA) is 84.7 Å². The zero-order chi connectivity index (χ0) is 21.0. The van der Waals surface area contributed by atoms with E-state index in [4.69, 9.17) is 10.5 Å². The fourth-order valence-corrected chi connectivity index (χ4v) is 4.88. The van der Waals surface area contributed by atoms with Crippen molar-refractivity contribution in [1.82, 2.24) is 4.90 Å². The van der Waals surface area contributed by atoms with Gasteiger partial charge >= 0.3 is 0 Å². The van der Waals surface area contributed by atoms with Gasteiger partial charge in [-0.05, 0) is 48.6 Å². The van der Waals surface area contributed by atoms with Gasteiger partial charge in [-0.3, -0.25) is 14.5 Å². The lowest BCUT2D eigenvalue weighted by Gasteiger charge is -2.26. The number of thiophene rings is 1. The van der Waals surface area contributed by atoms with Gasteiger partial charge in [0.05, 0.1) is 5.56 Å². The minimum Gasteiger partial charge on any atom is -0.484 e. The second kappa shape index (κ2) is 9.41. The van der Waals surface area contributed by atoms with Gasteiger partial charge in [0.25, 0.3) is 11.8 Å². The quantitative estimate of drug-likeness (QED) is 0.688. The van der Waals surface area contributed by atoms with Crippen molar-refractivity contribution in [2.45, 2.75) is 46.1 Å². The third-order valence-corrected chi connectivity index (χ3v) is 6.22. The average molecular weight is 416 g/mol. The van der Waals surface area contributed by atoms with E-state index in [-0.39, 0.29) is 12.5 Å². The van der Waals surface area contributed by atoms with E-state index in [0.717, 1.165) is 42.9 Å². The Bertz CT molecular complexity index is 874. The molecule has 1 aromatic carbocycles. The van der Waals surface area contributed by atoms with Crippen molar-refractivity contribution in [3.05, 3.63) is 45.8 Å². The molecule has 1 aromatic heterocycles. The van der Waals surface area contributed by atoms with Crippen molar-refractivity contribution < 1.29 is 14.3 Å². The average Bonchev–Trinajstić information content (AvgIpc) is 3.04. The molecule has 3 rings (SSSR count). The molecule has 0 unspecified atom stereocenters. The Kier molecular flexibility index (Phi) is 6.92. The number of rotatable bonds is 8. The first-order valence-electron chi connectivity index (χ1n) is 10.1. The van der Waals surface area contributed by atoms with E-state index < -0.39 is 5.91 Å². The summed E-state index contributed by atoms with van der Waals surface area (Å²) in [6.07, 6.45) is 1.86. The van der Waals surface area contributed by atoms with Crippen LogP contribution in [0.5, 0.6) is 5.75 Å². The summed E-state index contributed by atoms with van der Waals surface area (Å²) in [5.41, 5.74) is 8.28. The number of carbonyl (C=O) groups excluding carboxylic acids is 2. The number of primary amides is 1. The van der Waals surface area contributed by atoms with E-state index in [0.29, 0.717) is 22.2 Å². The largest absolute Gasteiger partial charge is 0.484 e. The van der Waals surface area contributed by atoms with Crippen molar-refractivity contribution >= 4 is 28.2 Å². The van der Waals surface area contributed by atoms with Crippen molar-refractivity contribution in [1.29, 1.82) is 0 Å². The maximum atomic E-state index is 12.4. The number of amides is 2. The Morgan fingerprint density at radius 2 is 2.00 bits per heavy atom. The Balaban J connectivity index is 1.66. The Labute approximate surface area is 176 Å². The third-order valence-electron chi connectivity index (χ3n) is 5.09. The Morgan fingerprint density at radius 1 is 1.28 bits per heavy atom. The molecule has 1 aliphatic rings. The molecule has 2 amide bonds. The highest BCUT2D eigenvalue weighted by Gasteiger charge is 2.27. The predicted molar refractivity (Wildman–Crippen MR) is 117 cm³/mol. The van der Waals surface area contributed by atoms with Crippen LogP contribution in [0.2, 0.25) is 0 Å². The normalized spacial score (nSPS) is 13.9. The number of anilines is 1. The second-order valence-electron chi connectivity index (χ2n) is 7.66. The van der Waals surface area contributed by atoms with Crippen molar-refractivity contribution in [2.24, 2.45) is 5.73 Å². The minimum atomic E-state index is -0.494. The van der Waals surface area contributed by atoms with Crippen molar-refractivity contribution in [3.63, 3.8) is 0 Å². The molecular weight excluding hydrogens is 386 g/mol. The van der Waals surface area contributed by atoms with Gasteiger partial charge in [0.2, 0.25) is 0 Å². The SMILES string of the molecule is CCCN1CCc2c(sc(NC(=O)COc3ccc(C(C)C)cc3)c2C(N)=O)C1. The third kappa shape index (κ3) is 5.16. The fraction of sp³-hybridized carbons (Fsp3) is 0.455. The molecule has 29 heavy (non-hydrogen) atoms.